The summed E-state index contributed by atoms with van der Waals surface area (Å²) in [6, 6.07) is 11.2. The second-order valence-corrected chi connectivity index (χ2v) is 8.33. The quantitative estimate of drug-likeness (QED) is 0.631. The Kier molecular flexibility index (Phi) is 5.57. The van der Waals surface area contributed by atoms with Crippen molar-refractivity contribution < 1.29 is 9.90 Å². The third-order valence-electron chi connectivity index (χ3n) is 6.57. The number of carbonyl (C=O) groups excluding carboxylic acids is 1. The standard InChI is InChI=1S/C21H31N3O2/c25-16-12-15(13-16)21(14-6-2-1-3-7-14)22-20(26)11-10-19-17-8-4-5-9-18(17)23-24-19/h1-3,6-7,15-19,21,23-25H,4-5,8-13H2,(H,22,26). The van der Waals surface area contributed by atoms with E-state index in [1.807, 2.05) is 18.2 Å². The van der Waals surface area contributed by atoms with Gasteiger partial charge in [-0.2, -0.15) is 0 Å². The highest BCUT2D eigenvalue weighted by Gasteiger charge is 2.38. The Morgan fingerprint density at radius 2 is 1.92 bits per heavy atom. The lowest BCUT2D eigenvalue weighted by atomic mass is 9.75. The highest BCUT2D eigenvalue weighted by atomic mass is 16.3. The first-order valence-corrected chi connectivity index (χ1v) is 10.2. The molecule has 3 aliphatic rings. The van der Waals surface area contributed by atoms with Gasteiger partial charge in [-0.25, -0.2) is 0 Å². The third kappa shape index (κ3) is 3.95. The van der Waals surface area contributed by atoms with E-state index in [-0.39, 0.29) is 18.1 Å². The van der Waals surface area contributed by atoms with Crippen molar-refractivity contribution in [1.29, 1.82) is 0 Å². The molecule has 1 heterocycles. The molecule has 3 fully saturated rings. The van der Waals surface area contributed by atoms with E-state index >= 15 is 0 Å². The molecule has 0 spiro atoms. The maximum atomic E-state index is 12.6. The van der Waals surface area contributed by atoms with Crippen molar-refractivity contribution in [2.24, 2.45) is 11.8 Å². The van der Waals surface area contributed by atoms with Crippen LogP contribution in [0.15, 0.2) is 30.3 Å². The van der Waals surface area contributed by atoms with Gasteiger partial charge in [-0.3, -0.25) is 15.6 Å². The number of rotatable bonds is 6. The van der Waals surface area contributed by atoms with Crippen molar-refractivity contribution in [3.8, 4) is 0 Å². The Bertz CT molecular complexity index is 603. The first-order chi connectivity index (χ1) is 12.7. The fraction of sp³-hybridized carbons (Fsp3) is 0.667. The van der Waals surface area contributed by atoms with Crippen LogP contribution in [0.5, 0.6) is 0 Å². The molecule has 1 amide bonds. The first-order valence-electron chi connectivity index (χ1n) is 10.2. The second kappa shape index (κ2) is 8.07. The van der Waals surface area contributed by atoms with E-state index in [9.17, 15) is 9.90 Å². The largest absolute Gasteiger partial charge is 0.393 e. The van der Waals surface area contributed by atoms with Crippen LogP contribution < -0.4 is 16.2 Å². The van der Waals surface area contributed by atoms with Crippen molar-refractivity contribution in [1.82, 2.24) is 16.2 Å². The van der Waals surface area contributed by atoms with Crippen molar-refractivity contribution in [3.63, 3.8) is 0 Å². The van der Waals surface area contributed by atoms with Crippen LogP contribution in [0.25, 0.3) is 0 Å². The van der Waals surface area contributed by atoms with E-state index in [1.165, 1.54) is 25.7 Å². The smallest absolute Gasteiger partial charge is 0.220 e. The highest BCUT2D eigenvalue weighted by Crippen LogP contribution is 2.38. The zero-order valence-corrected chi connectivity index (χ0v) is 15.4. The summed E-state index contributed by atoms with van der Waals surface area (Å²) in [4.78, 5) is 12.6. The minimum absolute atomic E-state index is 0.0178. The van der Waals surface area contributed by atoms with Crippen molar-refractivity contribution in [3.05, 3.63) is 35.9 Å². The molecule has 1 aromatic carbocycles. The van der Waals surface area contributed by atoms with E-state index < -0.39 is 0 Å². The van der Waals surface area contributed by atoms with Crippen LogP contribution in [-0.2, 0) is 4.79 Å². The van der Waals surface area contributed by atoms with Crippen LogP contribution in [-0.4, -0.2) is 29.2 Å². The van der Waals surface area contributed by atoms with E-state index in [4.69, 9.17) is 0 Å². The normalized spacial score (nSPS) is 34.6. The Balaban J connectivity index is 1.32. The topological polar surface area (TPSA) is 73.4 Å². The van der Waals surface area contributed by atoms with Gasteiger partial charge in [0.25, 0.3) is 0 Å². The molecule has 0 aromatic heterocycles. The Labute approximate surface area is 155 Å². The van der Waals surface area contributed by atoms with Gasteiger partial charge in [0.15, 0.2) is 0 Å². The summed E-state index contributed by atoms with van der Waals surface area (Å²) in [5.74, 6) is 1.13. The molecular formula is C21H31N3O2. The predicted octanol–water partition coefficient (Wildman–Crippen LogP) is 2.43. The van der Waals surface area contributed by atoms with Gasteiger partial charge in [-0.1, -0.05) is 43.2 Å². The average Bonchev–Trinajstić information content (AvgIpc) is 3.06. The number of aliphatic hydroxyl groups excluding tert-OH is 1. The number of nitrogens with one attached hydrogen (secondary N) is 3. The summed E-state index contributed by atoms with van der Waals surface area (Å²) in [5, 5.41) is 12.9. The molecule has 0 radical (unpaired) electrons. The molecule has 4 unspecified atom stereocenters. The van der Waals surface area contributed by atoms with Crippen LogP contribution in [0.3, 0.4) is 0 Å². The Hall–Kier alpha value is -1.43. The van der Waals surface area contributed by atoms with Gasteiger partial charge in [0.1, 0.15) is 0 Å². The summed E-state index contributed by atoms with van der Waals surface area (Å²) >= 11 is 0. The van der Waals surface area contributed by atoms with Crippen molar-refractivity contribution in [2.45, 2.75) is 75.6 Å². The van der Waals surface area contributed by atoms with Gasteiger partial charge < -0.3 is 10.4 Å². The van der Waals surface area contributed by atoms with Gasteiger partial charge in [0.2, 0.25) is 5.91 Å². The average molecular weight is 357 g/mol. The van der Waals surface area contributed by atoms with E-state index in [2.05, 4.69) is 28.3 Å². The highest BCUT2D eigenvalue weighted by molar-refractivity contribution is 5.76. The molecule has 4 rings (SSSR count). The molecule has 5 heteroatoms. The predicted molar refractivity (Wildman–Crippen MR) is 101 cm³/mol. The molecule has 26 heavy (non-hydrogen) atoms. The van der Waals surface area contributed by atoms with Gasteiger partial charge in [0.05, 0.1) is 12.1 Å². The van der Waals surface area contributed by atoms with Gasteiger partial charge in [-0.15, -0.1) is 0 Å². The fourth-order valence-electron chi connectivity index (χ4n) is 5.00. The summed E-state index contributed by atoms with van der Waals surface area (Å²) in [7, 11) is 0. The Morgan fingerprint density at radius 3 is 2.69 bits per heavy atom. The molecular weight excluding hydrogens is 326 g/mol. The molecule has 4 N–H and O–H groups in total. The monoisotopic (exact) mass is 357 g/mol. The lowest BCUT2D eigenvalue weighted by molar-refractivity contribution is -0.123. The Morgan fingerprint density at radius 1 is 1.15 bits per heavy atom. The molecule has 4 atom stereocenters. The first kappa shape index (κ1) is 18.0. The molecule has 2 saturated carbocycles. The zero-order chi connectivity index (χ0) is 17.9. The van der Waals surface area contributed by atoms with E-state index in [0.717, 1.165) is 24.8 Å². The van der Waals surface area contributed by atoms with Crippen LogP contribution in [0.2, 0.25) is 0 Å². The van der Waals surface area contributed by atoms with Crippen LogP contribution in [0.1, 0.15) is 63.0 Å². The van der Waals surface area contributed by atoms with E-state index in [0.29, 0.717) is 30.3 Å². The van der Waals surface area contributed by atoms with Crippen molar-refractivity contribution in [2.75, 3.05) is 0 Å². The number of aliphatic hydroxyl groups is 1. The fourth-order valence-corrected chi connectivity index (χ4v) is 5.00. The number of hydrogen-bond acceptors (Lipinski definition) is 4. The molecule has 142 valence electrons. The van der Waals surface area contributed by atoms with Gasteiger partial charge >= 0.3 is 0 Å². The second-order valence-electron chi connectivity index (χ2n) is 8.33. The molecule has 0 bridgehead atoms. The molecule has 2 aliphatic carbocycles. The van der Waals surface area contributed by atoms with Crippen LogP contribution >= 0.6 is 0 Å². The maximum absolute atomic E-state index is 12.6. The number of hydrazine groups is 1. The number of amides is 1. The molecule has 1 aliphatic heterocycles. The molecule has 1 aromatic rings. The number of hydrogen-bond donors (Lipinski definition) is 4. The zero-order valence-electron chi connectivity index (χ0n) is 15.4. The van der Waals surface area contributed by atoms with Crippen molar-refractivity contribution >= 4 is 5.91 Å². The number of carbonyl (C=O) groups is 1. The maximum Gasteiger partial charge on any atom is 0.220 e. The molecule has 5 nitrogen and oxygen atoms in total. The third-order valence-corrected chi connectivity index (χ3v) is 6.57. The van der Waals surface area contributed by atoms with E-state index in [1.54, 1.807) is 0 Å². The minimum Gasteiger partial charge on any atom is -0.393 e. The molecule has 1 saturated heterocycles. The van der Waals surface area contributed by atoms with Gasteiger partial charge in [0, 0.05) is 18.5 Å². The number of benzene rings is 1. The summed E-state index contributed by atoms with van der Waals surface area (Å²) < 4.78 is 0. The lowest BCUT2D eigenvalue weighted by Gasteiger charge is -2.38. The number of fused-ring (bicyclic) bond motifs is 1. The SMILES string of the molecule is O=C(CCC1NNC2CCCCC21)NC(c1ccccc1)C1CC(O)C1. The summed E-state index contributed by atoms with van der Waals surface area (Å²) in [6.45, 7) is 0. The summed E-state index contributed by atoms with van der Waals surface area (Å²) in [5.41, 5.74) is 8.00. The minimum atomic E-state index is -0.208. The van der Waals surface area contributed by atoms with Gasteiger partial charge in [-0.05, 0) is 49.5 Å². The van der Waals surface area contributed by atoms with Crippen LogP contribution in [0.4, 0.5) is 0 Å². The lowest BCUT2D eigenvalue weighted by Crippen LogP contribution is -2.42. The van der Waals surface area contributed by atoms with Crippen LogP contribution in [0, 0.1) is 11.8 Å². The summed E-state index contributed by atoms with van der Waals surface area (Å²) in [6.07, 6.45) is 7.93.